The SMILES string of the molecule is C1=Cc2ccccc2C(=C2CCN(CCCCCC3CCCCC3)CC2)c2ccccc21.Cl. The van der Waals surface area contributed by atoms with Crippen molar-refractivity contribution in [3.05, 3.63) is 76.4 Å². The van der Waals surface area contributed by atoms with Crippen molar-refractivity contribution in [3.63, 3.8) is 0 Å². The Morgan fingerprint density at radius 2 is 1.30 bits per heavy atom. The number of likely N-dealkylation sites (tertiary alicyclic amines) is 1. The lowest BCUT2D eigenvalue weighted by Crippen LogP contribution is -2.32. The molecule has 0 radical (unpaired) electrons. The molecular weight excluding hydrogens is 422 g/mol. The number of fused-ring (bicyclic) bond motifs is 2. The molecule has 0 atom stereocenters. The maximum absolute atomic E-state index is 2.72. The summed E-state index contributed by atoms with van der Waals surface area (Å²) in [6.45, 7) is 3.74. The Morgan fingerprint density at radius 1 is 0.697 bits per heavy atom. The summed E-state index contributed by atoms with van der Waals surface area (Å²) in [5.41, 5.74) is 8.70. The van der Waals surface area contributed by atoms with E-state index >= 15 is 0 Å². The van der Waals surface area contributed by atoms with Crippen LogP contribution in [0.25, 0.3) is 17.7 Å². The van der Waals surface area contributed by atoms with Gasteiger partial charge in [0.25, 0.3) is 0 Å². The molecule has 0 spiro atoms. The Bertz CT molecular complexity index is 905. The second-order valence-electron chi connectivity index (χ2n) is 10.2. The first kappa shape index (κ1) is 24.3. The maximum Gasteiger partial charge on any atom is 0.00190 e. The van der Waals surface area contributed by atoms with E-state index in [9.17, 15) is 0 Å². The van der Waals surface area contributed by atoms with E-state index in [1.54, 1.807) is 5.57 Å². The normalized spacial score (nSPS) is 18.9. The lowest BCUT2D eigenvalue weighted by atomic mass is 9.85. The fourth-order valence-corrected chi connectivity index (χ4v) is 6.16. The Balaban J connectivity index is 0.00000259. The van der Waals surface area contributed by atoms with Crippen LogP contribution in [0.4, 0.5) is 0 Å². The molecule has 0 bridgehead atoms. The van der Waals surface area contributed by atoms with Crippen molar-refractivity contribution in [2.75, 3.05) is 19.6 Å². The molecule has 33 heavy (non-hydrogen) atoms. The van der Waals surface area contributed by atoms with Crippen LogP contribution in [0, 0.1) is 5.92 Å². The zero-order valence-corrected chi connectivity index (χ0v) is 20.9. The number of nitrogens with zero attached hydrogens (tertiary/aromatic N) is 1. The highest BCUT2D eigenvalue weighted by atomic mass is 35.5. The van der Waals surface area contributed by atoms with E-state index in [1.807, 2.05) is 0 Å². The van der Waals surface area contributed by atoms with Crippen LogP contribution in [0.5, 0.6) is 0 Å². The van der Waals surface area contributed by atoms with E-state index in [-0.39, 0.29) is 12.4 Å². The number of halogens is 1. The fraction of sp³-hybridized carbons (Fsp3) is 0.484. The van der Waals surface area contributed by atoms with Gasteiger partial charge in [-0.2, -0.15) is 0 Å². The molecule has 1 saturated carbocycles. The van der Waals surface area contributed by atoms with E-state index in [0.29, 0.717) is 0 Å². The third-order valence-electron chi connectivity index (χ3n) is 8.03. The highest BCUT2D eigenvalue weighted by Gasteiger charge is 2.22. The number of rotatable bonds is 6. The molecule has 0 aromatic heterocycles. The average molecular weight is 462 g/mol. The number of hydrogen-bond donors (Lipinski definition) is 0. The van der Waals surface area contributed by atoms with Crippen LogP contribution in [0.1, 0.15) is 92.9 Å². The van der Waals surface area contributed by atoms with Gasteiger partial charge >= 0.3 is 0 Å². The Labute approximate surface area is 207 Å². The number of unbranched alkanes of at least 4 members (excludes halogenated alkanes) is 2. The summed E-state index contributed by atoms with van der Waals surface area (Å²) < 4.78 is 0. The van der Waals surface area contributed by atoms with Crippen LogP contribution in [0.15, 0.2) is 54.1 Å². The molecule has 176 valence electrons. The molecule has 0 N–H and O–H groups in total. The third-order valence-corrected chi connectivity index (χ3v) is 8.03. The van der Waals surface area contributed by atoms with Gasteiger partial charge in [-0.25, -0.2) is 0 Å². The summed E-state index contributed by atoms with van der Waals surface area (Å²) in [6.07, 6.45) is 20.2. The first-order valence-corrected chi connectivity index (χ1v) is 13.2. The molecule has 0 unspecified atom stereocenters. The first-order valence-electron chi connectivity index (χ1n) is 13.2. The van der Waals surface area contributed by atoms with Gasteiger partial charge in [-0.05, 0) is 59.6 Å². The van der Waals surface area contributed by atoms with E-state index in [2.05, 4.69) is 65.6 Å². The second-order valence-corrected chi connectivity index (χ2v) is 10.2. The van der Waals surface area contributed by atoms with E-state index < -0.39 is 0 Å². The Hall–Kier alpha value is -1.83. The van der Waals surface area contributed by atoms with Crippen molar-refractivity contribution in [2.24, 2.45) is 5.92 Å². The highest BCUT2D eigenvalue weighted by molar-refractivity contribution is 5.94. The molecule has 1 heterocycles. The van der Waals surface area contributed by atoms with Gasteiger partial charge in [0.05, 0.1) is 0 Å². The maximum atomic E-state index is 2.72. The van der Waals surface area contributed by atoms with Crippen molar-refractivity contribution < 1.29 is 0 Å². The minimum absolute atomic E-state index is 0. The summed E-state index contributed by atoms with van der Waals surface area (Å²) in [5.74, 6) is 1.05. The molecule has 0 amide bonds. The topological polar surface area (TPSA) is 3.24 Å². The predicted molar refractivity (Wildman–Crippen MR) is 146 cm³/mol. The zero-order valence-electron chi connectivity index (χ0n) is 20.1. The van der Waals surface area contributed by atoms with Gasteiger partial charge in [-0.15, -0.1) is 12.4 Å². The quantitative estimate of drug-likeness (QED) is 0.332. The summed E-state index contributed by atoms with van der Waals surface area (Å²) in [6, 6.07) is 17.9. The van der Waals surface area contributed by atoms with Gasteiger partial charge in [0.15, 0.2) is 0 Å². The molecule has 3 aliphatic rings. The number of piperidine rings is 1. The van der Waals surface area contributed by atoms with Crippen molar-refractivity contribution in [1.82, 2.24) is 4.90 Å². The molecule has 1 saturated heterocycles. The van der Waals surface area contributed by atoms with Crippen molar-refractivity contribution >= 4 is 30.1 Å². The van der Waals surface area contributed by atoms with Gasteiger partial charge in [0, 0.05) is 13.1 Å². The molecule has 2 aliphatic carbocycles. The van der Waals surface area contributed by atoms with Gasteiger partial charge in [0.1, 0.15) is 0 Å². The predicted octanol–water partition coefficient (Wildman–Crippen LogP) is 8.63. The van der Waals surface area contributed by atoms with Crippen LogP contribution in [-0.4, -0.2) is 24.5 Å². The van der Waals surface area contributed by atoms with Gasteiger partial charge in [-0.3, -0.25) is 0 Å². The largest absolute Gasteiger partial charge is 0.303 e. The van der Waals surface area contributed by atoms with Crippen LogP contribution in [0.3, 0.4) is 0 Å². The van der Waals surface area contributed by atoms with Crippen molar-refractivity contribution in [2.45, 2.75) is 70.6 Å². The Kier molecular flexibility index (Phi) is 8.87. The first-order chi connectivity index (χ1) is 15.9. The van der Waals surface area contributed by atoms with Crippen molar-refractivity contribution in [1.29, 1.82) is 0 Å². The van der Waals surface area contributed by atoms with Crippen LogP contribution in [-0.2, 0) is 0 Å². The number of benzene rings is 2. The molecule has 5 rings (SSSR count). The third kappa shape index (κ3) is 6.00. The summed E-state index contributed by atoms with van der Waals surface area (Å²) in [4.78, 5) is 2.72. The van der Waals surface area contributed by atoms with Crippen LogP contribution in [0.2, 0.25) is 0 Å². The molecule has 2 aromatic rings. The molecule has 1 aliphatic heterocycles. The zero-order chi connectivity index (χ0) is 21.6. The summed E-state index contributed by atoms with van der Waals surface area (Å²) in [5, 5.41) is 0. The molecule has 1 nitrogen and oxygen atoms in total. The van der Waals surface area contributed by atoms with E-state index in [0.717, 1.165) is 5.92 Å². The van der Waals surface area contributed by atoms with E-state index in [1.165, 1.54) is 118 Å². The van der Waals surface area contributed by atoms with Gasteiger partial charge in [0.2, 0.25) is 0 Å². The molecule has 2 fully saturated rings. The van der Waals surface area contributed by atoms with Gasteiger partial charge < -0.3 is 4.90 Å². The average Bonchev–Trinajstić information content (AvgIpc) is 3.02. The second kappa shape index (κ2) is 12.0. The monoisotopic (exact) mass is 461 g/mol. The van der Waals surface area contributed by atoms with E-state index in [4.69, 9.17) is 0 Å². The minimum atomic E-state index is 0. The fourth-order valence-electron chi connectivity index (χ4n) is 6.16. The van der Waals surface area contributed by atoms with Crippen molar-refractivity contribution in [3.8, 4) is 0 Å². The van der Waals surface area contributed by atoms with Gasteiger partial charge in [-0.1, -0.05) is 118 Å². The summed E-state index contributed by atoms with van der Waals surface area (Å²) in [7, 11) is 0. The number of hydrogen-bond acceptors (Lipinski definition) is 1. The Morgan fingerprint density at radius 3 is 1.94 bits per heavy atom. The summed E-state index contributed by atoms with van der Waals surface area (Å²) >= 11 is 0. The smallest absolute Gasteiger partial charge is 0.00190 e. The van der Waals surface area contributed by atoms with Crippen LogP contribution >= 0.6 is 12.4 Å². The standard InChI is InChI=1S/C31H39N.ClH/c1-3-11-25(12-4-1)13-5-2-10-22-32-23-20-28(21-24-32)31-29-16-8-6-14-26(29)18-19-27-15-7-9-17-30(27)31;/h6-9,14-19,25H,1-5,10-13,20-24H2;1H. The van der Waals surface area contributed by atoms with Crippen LogP contribution < -0.4 is 0 Å². The molecule has 2 heteroatoms. The lowest BCUT2D eigenvalue weighted by molar-refractivity contribution is 0.248. The molecular formula is C31H40ClN. The minimum Gasteiger partial charge on any atom is -0.303 e. The molecule has 2 aromatic carbocycles. The highest BCUT2D eigenvalue weighted by Crippen LogP contribution is 2.38. The lowest BCUT2D eigenvalue weighted by Gasteiger charge is -2.30.